The first-order valence-corrected chi connectivity index (χ1v) is 8.78. The molecule has 0 spiro atoms. The number of anilines is 1. The van der Waals surface area contributed by atoms with Crippen molar-refractivity contribution < 1.29 is 9.21 Å². The number of para-hydroxylation sites is 1. The molecule has 1 aromatic heterocycles. The second-order valence-corrected chi connectivity index (χ2v) is 6.68. The molecular formula is C18H21N3O2S. The summed E-state index contributed by atoms with van der Waals surface area (Å²) in [5, 5.41) is 14.7. The molecule has 2 aromatic rings. The van der Waals surface area contributed by atoms with Crippen molar-refractivity contribution in [3.63, 3.8) is 0 Å². The van der Waals surface area contributed by atoms with Gasteiger partial charge in [0, 0.05) is 23.1 Å². The standard InChI is InChI=1S/C18H21N3O2S/c1-13(11-19)12-24-17-8-4-3-7-16(17)21-18(22)20-14(2)10-15-6-5-9-23-15/h3-9,13-14H,10,12H2,1-2H3,(H2,20,21,22)/t13-,14-/m0/s1. The number of thioether (sulfide) groups is 1. The van der Waals surface area contributed by atoms with Crippen LogP contribution in [0, 0.1) is 17.2 Å². The van der Waals surface area contributed by atoms with Crippen molar-refractivity contribution in [1.29, 1.82) is 5.26 Å². The molecule has 0 fully saturated rings. The van der Waals surface area contributed by atoms with Crippen molar-refractivity contribution in [2.75, 3.05) is 11.1 Å². The molecule has 6 heteroatoms. The van der Waals surface area contributed by atoms with Crippen LogP contribution in [0.2, 0.25) is 0 Å². The molecule has 0 aliphatic heterocycles. The maximum absolute atomic E-state index is 12.2. The third kappa shape index (κ3) is 5.67. The highest BCUT2D eigenvalue weighted by molar-refractivity contribution is 7.99. The van der Waals surface area contributed by atoms with Crippen LogP contribution in [-0.2, 0) is 6.42 Å². The van der Waals surface area contributed by atoms with Crippen LogP contribution >= 0.6 is 11.8 Å². The lowest BCUT2D eigenvalue weighted by Crippen LogP contribution is -2.37. The van der Waals surface area contributed by atoms with Gasteiger partial charge in [-0.2, -0.15) is 5.26 Å². The maximum Gasteiger partial charge on any atom is 0.319 e. The number of urea groups is 1. The molecule has 2 N–H and O–H groups in total. The van der Waals surface area contributed by atoms with Crippen LogP contribution in [0.15, 0.2) is 52.0 Å². The van der Waals surface area contributed by atoms with E-state index in [0.717, 1.165) is 16.3 Å². The number of hydrogen-bond donors (Lipinski definition) is 2. The summed E-state index contributed by atoms with van der Waals surface area (Å²) in [6.45, 7) is 3.81. The van der Waals surface area contributed by atoms with Gasteiger partial charge in [-0.3, -0.25) is 0 Å². The molecule has 0 radical (unpaired) electrons. The number of rotatable bonds is 7. The molecule has 1 aromatic carbocycles. The Balaban J connectivity index is 1.90. The fourth-order valence-corrected chi connectivity index (χ4v) is 3.07. The first-order valence-electron chi connectivity index (χ1n) is 7.80. The zero-order valence-electron chi connectivity index (χ0n) is 13.8. The van der Waals surface area contributed by atoms with E-state index in [2.05, 4.69) is 16.7 Å². The van der Waals surface area contributed by atoms with Crippen molar-refractivity contribution >= 4 is 23.5 Å². The zero-order chi connectivity index (χ0) is 17.4. The van der Waals surface area contributed by atoms with Crippen molar-refractivity contribution in [3.05, 3.63) is 48.4 Å². The summed E-state index contributed by atoms with van der Waals surface area (Å²) in [4.78, 5) is 13.1. The van der Waals surface area contributed by atoms with E-state index in [1.807, 2.05) is 50.2 Å². The normalized spacial score (nSPS) is 12.9. The quantitative estimate of drug-likeness (QED) is 0.735. The lowest BCUT2D eigenvalue weighted by molar-refractivity contribution is 0.248. The largest absolute Gasteiger partial charge is 0.469 e. The number of nitriles is 1. The van der Waals surface area contributed by atoms with Crippen LogP contribution < -0.4 is 10.6 Å². The average molecular weight is 343 g/mol. The van der Waals surface area contributed by atoms with E-state index in [9.17, 15) is 4.79 Å². The summed E-state index contributed by atoms with van der Waals surface area (Å²) in [7, 11) is 0. The Morgan fingerprint density at radius 1 is 1.29 bits per heavy atom. The van der Waals surface area contributed by atoms with E-state index in [1.54, 1.807) is 18.0 Å². The third-order valence-electron chi connectivity index (χ3n) is 3.31. The summed E-state index contributed by atoms with van der Waals surface area (Å²) >= 11 is 1.56. The number of hydrogen-bond acceptors (Lipinski definition) is 4. The van der Waals surface area contributed by atoms with Crippen LogP contribution in [0.1, 0.15) is 19.6 Å². The molecule has 5 nitrogen and oxygen atoms in total. The number of carbonyl (C=O) groups excluding carboxylic acids is 1. The first-order chi connectivity index (χ1) is 11.6. The smallest absolute Gasteiger partial charge is 0.319 e. The van der Waals surface area contributed by atoms with Gasteiger partial charge in [0.05, 0.1) is 23.9 Å². The van der Waals surface area contributed by atoms with Gasteiger partial charge in [0.15, 0.2) is 0 Å². The van der Waals surface area contributed by atoms with Crippen molar-refractivity contribution in [1.82, 2.24) is 5.32 Å². The third-order valence-corrected chi connectivity index (χ3v) is 4.64. The molecule has 2 amide bonds. The first kappa shape index (κ1) is 18.0. The molecule has 0 bridgehead atoms. The van der Waals surface area contributed by atoms with Gasteiger partial charge in [-0.1, -0.05) is 12.1 Å². The molecule has 0 saturated heterocycles. The maximum atomic E-state index is 12.2. The van der Waals surface area contributed by atoms with Gasteiger partial charge in [-0.25, -0.2) is 4.79 Å². The Morgan fingerprint density at radius 2 is 2.08 bits per heavy atom. The van der Waals surface area contributed by atoms with Gasteiger partial charge in [-0.05, 0) is 38.1 Å². The van der Waals surface area contributed by atoms with Crippen LogP contribution in [-0.4, -0.2) is 17.8 Å². The molecule has 2 rings (SSSR count). The van der Waals surface area contributed by atoms with Gasteiger partial charge in [-0.15, -0.1) is 11.8 Å². The summed E-state index contributed by atoms with van der Waals surface area (Å²) in [6.07, 6.45) is 2.26. The molecule has 1 heterocycles. The van der Waals surface area contributed by atoms with Crippen LogP contribution in [0.25, 0.3) is 0 Å². The lowest BCUT2D eigenvalue weighted by atomic mass is 10.2. The van der Waals surface area contributed by atoms with Crippen LogP contribution in [0.4, 0.5) is 10.5 Å². The highest BCUT2D eigenvalue weighted by atomic mass is 32.2. The minimum Gasteiger partial charge on any atom is -0.469 e. The number of amides is 2. The second-order valence-electron chi connectivity index (χ2n) is 5.62. The highest BCUT2D eigenvalue weighted by Crippen LogP contribution is 2.28. The monoisotopic (exact) mass is 343 g/mol. The van der Waals surface area contributed by atoms with Crippen molar-refractivity contribution in [2.24, 2.45) is 5.92 Å². The predicted octanol–water partition coefficient (Wildman–Crippen LogP) is 4.28. The fraction of sp³-hybridized carbons (Fsp3) is 0.333. The van der Waals surface area contributed by atoms with E-state index in [0.29, 0.717) is 12.2 Å². The van der Waals surface area contributed by atoms with Gasteiger partial charge >= 0.3 is 6.03 Å². The summed E-state index contributed by atoms with van der Waals surface area (Å²) < 4.78 is 5.29. The SMILES string of the molecule is C[C@@H](C#N)CSc1ccccc1NC(=O)N[C@@H](C)Cc1ccco1. The number of benzene rings is 1. The van der Waals surface area contributed by atoms with E-state index >= 15 is 0 Å². The minimum absolute atomic E-state index is 0.0369. The molecule has 2 atom stereocenters. The van der Waals surface area contributed by atoms with E-state index in [-0.39, 0.29) is 18.0 Å². The molecule has 0 unspecified atom stereocenters. The predicted molar refractivity (Wildman–Crippen MR) is 96.0 cm³/mol. The van der Waals surface area contributed by atoms with Crippen LogP contribution in [0.5, 0.6) is 0 Å². The molecular weight excluding hydrogens is 322 g/mol. The Hall–Kier alpha value is -2.39. The van der Waals surface area contributed by atoms with Crippen molar-refractivity contribution in [2.45, 2.75) is 31.2 Å². The summed E-state index contributed by atoms with van der Waals surface area (Å²) in [6, 6.07) is 13.2. The van der Waals surface area contributed by atoms with E-state index < -0.39 is 0 Å². The Kier molecular flexibility index (Phi) is 6.76. The Morgan fingerprint density at radius 3 is 2.79 bits per heavy atom. The molecule has 0 aliphatic rings. The summed E-state index contributed by atoms with van der Waals surface area (Å²) in [5.74, 6) is 1.49. The highest BCUT2D eigenvalue weighted by Gasteiger charge is 2.12. The van der Waals surface area contributed by atoms with E-state index in [1.165, 1.54) is 0 Å². The number of nitrogens with zero attached hydrogens (tertiary/aromatic N) is 1. The van der Waals surface area contributed by atoms with Gasteiger partial charge < -0.3 is 15.1 Å². The van der Waals surface area contributed by atoms with E-state index in [4.69, 9.17) is 9.68 Å². The average Bonchev–Trinajstić information content (AvgIpc) is 3.06. The Bertz CT molecular complexity index is 695. The fourth-order valence-electron chi connectivity index (χ4n) is 2.11. The lowest BCUT2D eigenvalue weighted by Gasteiger charge is -2.15. The molecule has 126 valence electrons. The number of carbonyl (C=O) groups is 1. The van der Waals surface area contributed by atoms with Gasteiger partial charge in [0.25, 0.3) is 0 Å². The molecule has 0 aliphatic carbocycles. The molecule has 0 saturated carbocycles. The number of furan rings is 1. The molecule has 24 heavy (non-hydrogen) atoms. The zero-order valence-corrected chi connectivity index (χ0v) is 14.6. The summed E-state index contributed by atoms with van der Waals surface area (Å²) in [5.41, 5.74) is 0.746. The van der Waals surface area contributed by atoms with Crippen LogP contribution in [0.3, 0.4) is 0 Å². The Labute approximate surface area is 146 Å². The van der Waals surface area contributed by atoms with Gasteiger partial charge in [0.2, 0.25) is 0 Å². The topological polar surface area (TPSA) is 78.1 Å². The number of nitrogens with one attached hydrogen (secondary N) is 2. The van der Waals surface area contributed by atoms with Crippen molar-refractivity contribution in [3.8, 4) is 6.07 Å². The minimum atomic E-state index is -0.254. The van der Waals surface area contributed by atoms with Gasteiger partial charge in [0.1, 0.15) is 5.76 Å². The second kappa shape index (κ2) is 9.04.